The van der Waals surface area contributed by atoms with Crippen LogP contribution < -0.4 is 5.32 Å². The van der Waals surface area contributed by atoms with E-state index in [4.69, 9.17) is 4.99 Å². The second-order valence-corrected chi connectivity index (χ2v) is 9.11. The van der Waals surface area contributed by atoms with E-state index < -0.39 is 0 Å². The molecule has 0 aromatic heterocycles. The van der Waals surface area contributed by atoms with Gasteiger partial charge < -0.3 is 5.32 Å². The second-order valence-electron chi connectivity index (χ2n) is 9.11. The molecule has 0 spiro atoms. The number of unbranched alkanes of at least 4 members (excludes halogenated alkanes) is 11. The lowest BCUT2D eigenvalue weighted by atomic mass is 10.0. The molecule has 0 aromatic rings. The summed E-state index contributed by atoms with van der Waals surface area (Å²) in [6.07, 6.45) is 26.0. The first-order valence-electron chi connectivity index (χ1n) is 12.9. The van der Waals surface area contributed by atoms with Crippen molar-refractivity contribution >= 4 is 12.1 Å². The van der Waals surface area contributed by atoms with E-state index in [-0.39, 0.29) is 5.91 Å². The fourth-order valence-electron chi connectivity index (χ4n) is 4.54. The van der Waals surface area contributed by atoms with E-state index in [2.05, 4.69) is 37.5 Å². The Balaban J connectivity index is 1.99. The molecule has 1 aliphatic rings. The SMILES string of the molecule is CCC/C=C/CCCCCCCCCCCCC1N=CC[N+]1(CC)CCNC(C)=O. The number of quaternary nitrogens is 1. The van der Waals surface area contributed by atoms with Gasteiger partial charge >= 0.3 is 0 Å². The maximum atomic E-state index is 11.2. The number of carbonyl (C=O) groups excluding carboxylic acids is 1. The maximum Gasteiger partial charge on any atom is 0.217 e. The molecule has 4 nitrogen and oxygen atoms in total. The highest BCUT2D eigenvalue weighted by atomic mass is 16.1. The van der Waals surface area contributed by atoms with E-state index in [1.165, 1.54) is 89.9 Å². The van der Waals surface area contributed by atoms with E-state index in [0.29, 0.717) is 6.17 Å². The summed E-state index contributed by atoms with van der Waals surface area (Å²) in [5.41, 5.74) is 0. The fraction of sp³-hybridized carbons (Fsp3) is 0.846. The first-order valence-corrected chi connectivity index (χ1v) is 12.9. The minimum atomic E-state index is 0.0699. The van der Waals surface area contributed by atoms with Crippen LogP contribution in [-0.2, 0) is 4.79 Å². The Morgan fingerprint density at radius 2 is 1.57 bits per heavy atom. The lowest BCUT2D eigenvalue weighted by Crippen LogP contribution is -2.55. The first-order chi connectivity index (χ1) is 14.6. The van der Waals surface area contributed by atoms with Crippen LogP contribution in [0.25, 0.3) is 0 Å². The second kappa shape index (κ2) is 17.5. The molecule has 30 heavy (non-hydrogen) atoms. The van der Waals surface area contributed by atoms with Crippen LogP contribution in [0.5, 0.6) is 0 Å². The summed E-state index contributed by atoms with van der Waals surface area (Å²) in [6.45, 7) is 9.98. The zero-order valence-corrected chi connectivity index (χ0v) is 20.3. The van der Waals surface area contributed by atoms with Gasteiger partial charge in [0, 0.05) is 13.3 Å². The van der Waals surface area contributed by atoms with Gasteiger partial charge in [-0.05, 0) is 32.6 Å². The third-order valence-electron chi connectivity index (χ3n) is 6.62. The number of hydrogen-bond donors (Lipinski definition) is 1. The van der Waals surface area contributed by atoms with E-state index in [9.17, 15) is 4.79 Å². The number of rotatable bonds is 19. The topological polar surface area (TPSA) is 41.5 Å². The van der Waals surface area contributed by atoms with Gasteiger partial charge in [0.15, 0.2) is 6.17 Å². The van der Waals surface area contributed by atoms with Crippen molar-refractivity contribution in [3.05, 3.63) is 12.2 Å². The van der Waals surface area contributed by atoms with Crippen LogP contribution in [0, 0.1) is 0 Å². The summed E-state index contributed by atoms with van der Waals surface area (Å²) in [5.74, 6) is 0.0699. The Morgan fingerprint density at radius 1 is 0.967 bits per heavy atom. The molecule has 0 saturated carbocycles. The normalized spacial score (nSPS) is 21.0. The molecule has 2 unspecified atom stereocenters. The number of nitrogens with one attached hydrogen (secondary N) is 1. The van der Waals surface area contributed by atoms with Gasteiger partial charge in [-0.1, -0.05) is 76.9 Å². The third kappa shape index (κ3) is 11.9. The molecule has 0 fully saturated rings. The average molecular weight is 421 g/mol. The minimum absolute atomic E-state index is 0.0699. The molecule has 1 amide bonds. The number of hydrogen-bond acceptors (Lipinski definition) is 2. The van der Waals surface area contributed by atoms with Crippen LogP contribution in [0.15, 0.2) is 17.1 Å². The van der Waals surface area contributed by atoms with Crippen molar-refractivity contribution in [2.24, 2.45) is 4.99 Å². The molecule has 1 aliphatic heterocycles. The Labute approximate surface area is 187 Å². The molecule has 2 atom stereocenters. The van der Waals surface area contributed by atoms with E-state index in [0.717, 1.165) is 30.7 Å². The zero-order valence-electron chi connectivity index (χ0n) is 20.3. The monoisotopic (exact) mass is 420 g/mol. The Hall–Kier alpha value is -1.16. The van der Waals surface area contributed by atoms with Gasteiger partial charge in [-0.2, -0.15) is 0 Å². The summed E-state index contributed by atoms with van der Waals surface area (Å²) < 4.78 is 1.02. The van der Waals surface area contributed by atoms with E-state index >= 15 is 0 Å². The van der Waals surface area contributed by atoms with Crippen molar-refractivity contribution in [3.8, 4) is 0 Å². The van der Waals surface area contributed by atoms with Crippen molar-refractivity contribution in [3.63, 3.8) is 0 Å². The van der Waals surface area contributed by atoms with Gasteiger partial charge in [0.25, 0.3) is 0 Å². The number of carbonyl (C=O) groups is 1. The third-order valence-corrected chi connectivity index (χ3v) is 6.62. The molecular formula is C26H50N3O+. The van der Waals surface area contributed by atoms with Crippen LogP contribution in [0.1, 0.15) is 111 Å². The Bertz CT molecular complexity index is 489. The van der Waals surface area contributed by atoms with Crippen molar-refractivity contribution in [2.45, 2.75) is 117 Å². The van der Waals surface area contributed by atoms with Crippen molar-refractivity contribution in [1.82, 2.24) is 5.32 Å². The summed E-state index contributed by atoms with van der Waals surface area (Å²) >= 11 is 0. The molecule has 1 heterocycles. The van der Waals surface area contributed by atoms with Crippen LogP contribution in [0.3, 0.4) is 0 Å². The minimum Gasteiger partial charge on any atom is -0.351 e. The highest BCUT2D eigenvalue weighted by molar-refractivity contribution is 5.72. The molecule has 0 aromatic carbocycles. The molecule has 0 radical (unpaired) electrons. The first kappa shape index (κ1) is 26.9. The Morgan fingerprint density at radius 3 is 2.17 bits per heavy atom. The van der Waals surface area contributed by atoms with Gasteiger partial charge in [-0.3, -0.25) is 9.28 Å². The van der Waals surface area contributed by atoms with Crippen LogP contribution in [-0.4, -0.2) is 48.9 Å². The lowest BCUT2D eigenvalue weighted by Gasteiger charge is -2.38. The van der Waals surface area contributed by atoms with Gasteiger partial charge in [-0.15, -0.1) is 0 Å². The van der Waals surface area contributed by atoms with Gasteiger partial charge in [0.2, 0.25) is 5.91 Å². The van der Waals surface area contributed by atoms with E-state index in [1.807, 2.05) is 0 Å². The lowest BCUT2D eigenvalue weighted by molar-refractivity contribution is -0.935. The Kier molecular flexibility index (Phi) is 15.7. The predicted octanol–water partition coefficient (Wildman–Crippen LogP) is 6.41. The quantitative estimate of drug-likeness (QED) is 0.146. The number of nitrogens with zero attached hydrogens (tertiary/aromatic N) is 2. The number of aliphatic imine (C=N–C) groups is 1. The number of amides is 1. The number of likely N-dealkylation sites (N-methyl/N-ethyl adjacent to an activating group) is 1. The zero-order chi connectivity index (χ0) is 21.9. The summed E-state index contributed by atoms with van der Waals surface area (Å²) in [6, 6.07) is 0. The van der Waals surface area contributed by atoms with Crippen LogP contribution in [0.4, 0.5) is 0 Å². The van der Waals surface area contributed by atoms with Crippen molar-refractivity contribution in [2.75, 3.05) is 26.2 Å². The average Bonchev–Trinajstić information content (AvgIpc) is 3.13. The van der Waals surface area contributed by atoms with Crippen LogP contribution in [0.2, 0.25) is 0 Å². The van der Waals surface area contributed by atoms with Crippen molar-refractivity contribution in [1.29, 1.82) is 0 Å². The molecule has 0 aliphatic carbocycles. The predicted molar refractivity (Wildman–Crippen MR) is 131 cm³/mol. The molecule has 1 N–H and O–H groups in total. The van der Waals surface area contributed by atoms with E-state index in [1.54, 1.807) is 6.92 Å². The van der Waals surface area contributed by atoms with Gasteiger partial charge in [0.05, 0.1) is 25.8 Å². The fourth-order valence-corrected chi connectivity index (χ4v) is 4.54. The van der Waals surface area contributed by atoms with Gasteiger partial charge in [-0.25, -0.2) is 4.99 Å². The molecule has 0 bridgehead atoms. The standard InChI is InChI=1S/C26H49N3O/c1-4-6-7-8-9-10-11-12-13-14-15-16-17-18-19-20-26-28-22-24-29(26,5-2)23-21-27-25(3)30/h7-8,22,26H,4-6,9-21,23-24H2,1-3H3/p+1/b8-7+. The molecule has 1 rings (SSSR count). The molecule has 0 saturated heterocycles. The highest BCUT2D eigenvalue weighted by Gasteiger charge is 2.37. The van der Waals surface area contributed by atoms with Crippen LogP contribution >= 0.6 is 0 Å². The smallest absolute Gasteiger partial charge is 0.217 e. The number of allylic oxidation sites excluding steroid dienone is 2. The van der Waals surface area contributed by atoms with Gasteiger partial charge in [0.1, 0.15) is 6.54 Å². The maximum absolute atomic E-state index is 11.2. The summed E-state index contributed by atoms with van der Waals surface area (Å²) in [7, 11) is 0. The summed E-state index contributed by atoms with van der Waals surface area (Å²) in [5, 5.41) is 2.96. The molecule has 174 valence electrons. The van der Waals surface area contributed by atoms with Crippen molar-refractivity contribution < 1.29 is 9.28 Å². The summed E-state index contributed by atoms with van der Waals surface area (Å²) in [4.78, 5) is 16.0. The molecular weight excluding hydrogens is 370 g/mol. The largest absolute Gasteiger partial charge is 0.351 e. The molecule has 4 heteroatoms. The highest BCUT2D eigenvalue weighted by Crippen LogP contribution is 2.24.